The fraction of sp³-hybridized carbons (Fsp3) is 0.238. The van der Waals surface area contributed by atoms with E-state index < -0.39 is 10.0 Å². The van der Waals surface area contributed by atoms with E-state index in [9.17, 15) is 8.42 Å². The van der Waals surface area contributed by atoms with Crippen LogP contribution in [0.15, 0.2) is 62.4 Å². The Morgan fingerprint density at radius 2 is 1.87 bits per heavy atom. The Bertz CT molecular complexity index is 1280. The number of aryl methyl sites for hydroxylation is 1. The Balaban J connectivity index is 1.48. The molecule has 2 heterocycles. The monoisotopic (exact) mass is 459 g/mol. The molecule has 0 saturated carbocycles. The summed E-state index contributed by atoms with van der Waals surface area (Å²) < 4.78 is 31.5. The van der Waals surface area contributed by atoms with Crippen LogP contribution in [0.1, 0.15) is 18.2 Å². The molecule has 0 bridgehead atoms. The summed E-state index contributed by atoms with van der Waals surface area (Å²) in [5, 5.41) is 3.52. The molecule has 9 heteroatoms. The smallest absolute Gasteiger partial charge is 0.257 e. The van der Waals surface area contributed by atoms with Gasteiger partial charge in [0.05, 0.1) is 10.6 Å². The maximum atomic E-state index is 12.3. The van der Waals surface area contributed by atoms with Crippen molar-refractivity contribution in [1.82, 2.24) is 14.3 Å². The highest BCUT2D eigenvalue weighted by atomic mass is 32.2. The normalized spacial score (nSPS) is 12.1. The number of hydrogen-bond donors (Lipinski definition) is 0. The molecule has 4 rings (SSSR count). The van der Waals surface area contributed by atoms with E-state index >= 15 is 0 Å². The lowest BCUT2D eigenvalue weighted by Gasteiger charge is -2.10. The molecule has 2 aromatic heterocycles. The molecule has 4 aromatic rings. The second kappa shape index (κ2) is 8.50. The summed E-state index contributed by atoms with van der Waals surface area (Å²) in [6.07, 6.45) is 1.02. The van der Waals surface area contributed by atoms with Gasteiger partial charge in [-0.3, -0.25) is 0 Å². The van der Waals surface area contributed by atoms with Crippen molar-refractivity contribution in [3.05, 3.63) is 59.1 Å². The van der Waals surface area contributed by atoms with E-state index in [0.717, 1.165) is 22.7 Å². The van der Waals surface area contributed by atoms with Crippen molar-refractivity contribution in [2.24, 2.45) is 0 Å². The quantitative estimate of drug-likeness (QED) is 0.360. The van der Waals surface area contributed by atoms with E-state index in [1.165, 1.54) is 41.8 Å². The lowest BCUT2D eigenvalue weighted by atomic mass is 10.1. The third-order valence-electron chi connectivity index (χ3n) is 4.62. The summed E-state index contributed by atoms with van der Waals surface area (Å²) >= 11 is 3.06. The third kappa shape index (κ3) is 4.29. The molecule has 2 aromatic carbocycles. The zero-order chi connectivity index (χ0) is 21.3. The molecule has 0 aliphatic carbocycles. The Kier molecular flexibility index (Phi) is 5.97. The summed E-state index contributed by atoms with van der Waals surface area (Å²) in [6, 6.07) is 13.2. The molecular weight excluding hydrogens is 438 g/mol. The van der Waals surface area contributed by atoms with Crippen LogP contribution in [0.5, 0.6) is 0 Å². The lowest BCUT2D eigenvalue weighted by molar-refractivity contribution is 0.489. The van der Waals surface area contributed by atoms with Gasteiger partial charge in [0, 0.05) is 30.8 Å². The van der Waals surface area contributed by atoms with Crippen molar-refractivity contribution in [3.63, 3.8) is 0 Å². The molecule has 0 spiro atoms. The van der Waals surface area contributed by atoms with Gasteiger partial charge in [-0.05, 0) is 30.2 Å². The third-order valence-corrected chi connectivity index (χ3v) is 8.24. The molecule has 30 heavy (non-hydrogen) atoms. The average molecular weight is 460 g/mol. The minimum absolute atomic E-state index is 0.197. The number of nitrogens with zero attached hydrogens (tertiary/aromatic N) is 3. The van der Waals surface area contributed by atoms with Gasteiger partial charge < -0.3 is 4.42 Å². The van der Waals surface area contributed by atoms with E-state index in [0.29, 0.717) is 22.1 Å². The van der Waals surface area contributed by atoms with Gasteiger partial charge in [0.15, 0.2) is 5.58 Å². The first-order valence-corrected chi connectivity index (χ1v) is 12.7. The van der Waals surface area contributed by atoms with Crippen LogP contribution >= 0.6 is 23.1 Å². The van der Waals surface area contributed by atoms with Crippen molar-refractivity contribution in [1.29, 1.82) is 0 Å². The highest BCUT2D eigenvalue weighted by molar-refractivity contribution is 7.98. The fourth-order valence-corrected chi connectivity index (χ4v) is 5.43. The predicted octanol–water partition coefficient (Wildman–Crippen LogP) is 5.06. The summed E-state index contributed by atoms with van der Waals surface area (Å²) in [4.78, 5) is 9.35. The largest absolute Gasteiger partial charge is 0.431 e. The number of benzene rings is 2. The SMILES string of the molecule is CCc1ccc(-c2nc(CSc3nc4cc(S(=O)(=O)N(C)C)ccc4o3)cs2)cc1. The van der Waals surface area contributed by atoms with Crippen LogP contribution < -0.4 is 0 Å². The zero-order valence-corrected chi connectivity index (χ0v) is 19.3. The number of hydrogen-bond acceptors (Lipinski definition) is 7. The first-order chi connectivity index (χ1) is 14.4. The second-order valence-electron chi connectivity index (χ2n) is 6.88. The van der Waals surface area contributed by atoms with Crippen molar-refractivity contribution in [2.45, 2.75) is 29.2 Å². The molecular formula is C21H21N3O3S3. The Labute approximate surface area is 184 Å². The fourth-order valence-electron chi connectivity index (χ4n) is 2.84. The first-order valence-electron chi connectivity index (χ1n) is 9.36. The van der Waals surface area contributed by atoms with Crippen LogP contribution in [-0.2, 0) is 22.2 Å². The van der Waals surface area contributed by atoms with E-state index in [4.69, 9.17) is 9.40 Å². The van der Waals surface area contributed by atoms with E-state index in [1.807, 2.05) is 5.38 Å². The molecule has 0 saturated heterocycles. The average Bonchev–Trinajstić information content (AvgIpc) is 3.38. The second-order valence-corrected chi connectivity index (χ2v) is 10.8. The van der Waals surface area contributed by atoms with E-state index in [1.54, 1.807) is 23.5 Å². The van der Waals surface area contributed by atoms with Crippen molar-refractivity contribution in [2.75, 3.05) is 14.1 Å². The highest BCUT2D eigenvalue weighted by Crippen LogP contribution is 2.30. The minimum Gasteiger partial charge on any atom is -0.431 e. The molecule has 0 N–H and O–H groups in total. The van der Waals surface area contributed by atoms with Gasteiger partial charge in [-0.1, -0.05) is 43.0 Å². The number of sulfonamides is 1. The molecule has 0 aliphatic rings. The lowest BCUT2D eigenvalue weighted by Crippen LogP contribution is -2.22. The molecule has 0 radical (unpaired) electrons. The van der Waals surface area contributed by atoms with Gasteiger partial charge in [0.1, 0.15) is 10.5 Å². The minimum atomic E-state index is -3.51. The van der Waals surface area contributed by atoms with Crippen LogP contribution in [0, 0.1) is 0 Å². The Morgan fingerprint density at radius 3 is 2.57 bits per heavy atom. The Morgan fingerprint density at radius 1 is 1.10 bits per heavy atom. The molecule has 6 nitrogen and oxygen atoms in total. The van der Waals surface area contributed by atoms with Gasteiger partial charge in [-0.15, -0.1) is 11.3 Å². The summed E-state index contributed by atoms with van der Waals surface area (Å²) in [7, 11) is -0.499. The molecule has 0 amide bonds. The number of fused-ring (bicyclic) bond motifs is 1. The maximum absolute atomic E-state index is 12.3. The van der Waals surface area contributed by atoms with Gasteiger partial charge >= 0.3 is 0 Å². The predicted molar refractivity (Wildman–Crippen MR) is 121 cm³/mol. The number of oxazole rings is 1. The summed E-state index contributed by atoms with van der Waals surface area (Å²) in [5.41, 5.74) is 4.46. The maximum Gasteiger partial charge on any atom is 0.257 e. The Hall–Kier alpha value is -2.20. The van der Waals surface area contributed by atoms with Crippen molar-refractivity contribution in [3.8, 4) is 10.6 Å². The van der Waals surface area contributed by atoms with Crippen molar-refractivity contribution >= 4 is 44.2 Å². The van der Waals surface area contributed by atoms with Gasteiger partial charge in [0.2, 0.25) is 10.0 Å². The zero-order valence-electron chi connectivity index (χ0n) is 16.8. The van der Waals surface area contributed by atoms with Crippen LogP contribution in [0.3, 0.4) is 0 Å². The summed E-state index contributed by atoms with van der Waals surface area (Å²) in [5.74, 6) is 0.624. The van der Waals surface area contributed by atoms with Gasteiger partial charge in [-0.25, -0.2) is 22.7 Å². The van der Waals surface area contributed by atoms with Crippen LogP contribution in [0.25, 0.3) is 21.7 Å². The van der Waals surface area contributed by atoms with Gasteiger partial charge in [0.25, 0.3) is 5.22 Å². The molecule has 156 valence electrons. The van der Waals surface area contributed by atoms with Crippen LogP contribution in [-0.4, -0.2) is 36.8 Å². The number of thiazole rings is 1. The topological polar surface area (TPSA) is 76.3 Å². The molecule has 0 aliphatic heterocycles. The molecule has 0 atom stereocenters. The van der Waals surface area contributed by atoms with Crippen molar-refractivity contribution < 1.29 is 12.8 Å². The number of thioether (sulfide) groups is 1. The summed E-state index contributed by atoms with van der Waals surface area (Å²) in [6.45, 7) is 2.14. The standard InChI is InChI=1S/C21H21N3O3S3/c1-4-14-5-7-15(8-6-14)20-22-16(12-28-20)13-29-21-23-18-11-17(9-10-19(18)27-21)30(25,26)24(2)3/h5-12H,4,13H2,1-3H3. The van der Waals surface area contributed by atoms with E-state index in [2.05, 4.69) is 36.2 Å². The molecule has 0 unspecified atom stereocenters. The molecule has 0 fully saturated rings. The van der Waals surface area contributed by atoms with Crippen LogP contribution in [0.4, 0.5) is 0 Å². The number of rotatable bonds is 7. The van der Waals surface area contributed by atoms with E-state index in [-0.39, 0.29) is 4.90 Å². The van der Waals surface area contributed by atoms with Crippen LogP contribution in [0.2, 0.25) is 0 Å². The highest BCUT2D eigenvalue weighted by Gasteiger charge is 2.19. The van der Waals surface area contributed by atoms with Gasteiger partial charge in [-0.2, -0.15) is 0 Å². The first kappa shape index (κ1) is 21.0. The number of aromatic nitrogens is 2.